The van der Waals surface area contributed by atoms with Crippen molar-refractivity contribution in [1.82, 2.24) is 0 Å². The molecule has 1 heterocycles. The zero-order valence-electron chi connectivity index (χ0n) is 7.31. The second-order valence-corrected chi connectivity index (χ2v) is 3.56. The highest BCUT2D eigenvalue weighted by Crippen LogP contribution is 2.43. The van der Waals surface area contributed by atoms with Crippen molar-refractivity contribution >= 4 is 5.97 Å². The quantitative estimate of drug-likeness (QED) is 0.633. The van der Waals surface area contributed by atoms with Crippen LogP contribution in [0, 0.1) is 5.92 Å². The molecule has 2 unspecified atom stereocenters. The predicted octanol–water partition coefficient (Wildman–Crippen LogP) is 1.41. The van der Waals surface area contributed by atoms with Crippen LogP contribution in [0.5, 0.6) is 0 Å². The lowest BCUT2D eigenvalue weighted by Crippen LogP contribution is -2.14. The molecule has 1 aliphatic heterocycles. The molecule has 1 fully saturated rings. The zero-order valence-corrected chi connectivity index (χ0v) is 7.31. The van der Waals surface area contributed by atoms with E-state index in [9.17, 15) is 4.79 Å². The van der Waals surface area contributed by atoms with Crippen LogP contribution in [0.2, 0.25) is 0 Å². The van der Waals surface area contributed by atoms with Crippen molar-refractivity contribution in [3.05, 3.63) is 47.3 Å². The Hall–Kier alpha value is -1.77. The minimum atomic E-state index is -0.882. The van der Waals surface area contributed by atoms with E-state index >= 15 is 0 Å². The Bertz CT molecular complexity index is 437. The lowest BCUT2D eigenvalue weighted by atomic mass is 9.86. The first-order valence-electron chi connectivity index (χ1n) is 4.47. The van der Waals surface area contributed by atoms with E-state index in [2.05, 4.69) is 0 Å². The van der Waals surface area contributed by atoms with Gasteiger partial charge in [0.1, 0.15) is 5.76 Å². The molecule has 0 amide bonds. The first kappa shape index (κ1) is 7.62. The number of allylic oxidation sites excluding steroid dienone is 3. The van der Waals surface area contributed by atoms with E-state index in [1.165, 1.54) is 0 Å². The molecule has 3 rings (SSSR count). The largest absolute Gasteiger partial charge is 0.482 e. The summed E-state index contributed by atoms with van der Waals surface area (Å²) in [6.07, 6.45) is 9.26. The van der Waals surface area contributed by atoms with E-state index in [-0.39, 0.29) is 12.0 Å². The molecule has 0 aromatic rings. The summed E-state index contributed by atoms with van der Waals surface area (Å²) in [6, 6.07) is 0. The number of hydrogen-bond donors (Lipinski definition) is 1. The van der Waals surface area contributed by atoms with Gasteiger partial charge < -0.3 is 9.84 Å². The van der Waals surface area contributed by atoms with E-state index in [4.69, 9.17) is 9.84 Å². The van der Waals surface area contributed by atoms with Gasteiger partial charge in [-0.3, -0.25) is 0 Å². The monoisotopic (exact) mass is 188 g/mol. The van der Waals surface area contributed by atoms with Crippen molar-refractivity contribution in [3.8, 4) is 0 Å². The maximum Gasteiger partial charge on any atom is 0.335 e. The second-order valence-electron chi connectivity index (χ2n) is 3.56. The Morgan fingerprint density at radius 2 is 2.29 bits per heavy atom. The van der Waals surface area contributed by atoms with E-state index in [0.717, 1.165) is 11.3 Å². The van der Waals surface area contributed by atoms with Gasteiger partial charge in [0.15, 0.2) is 6.10 Å². The van der Waals surface area contributed by atoms with E-state index < -0.39 is 5.97 Å². The van der Waals surface area contributed by atoms with E-state index in [0.29, 0.717) is 5.57 Å². The van der Waals surface area contributed by atoms with Crippen molar-refractivity contribution in [1.29, 1.82) is 0 Å². The molecule has 3 heteroatoms. The highest BCUT2D eigenvalue weighted by molar-refractivity contribution is 5.91. The highest BCUT2D eigenvalue weighted by atomic mass is 16.6. The highest BCUT2D eigenvalue weighted by Gasteiger charge is 2.43. The molecule has 0 spiro atoms. The normalized spacial score (nSPS) is 31.6. The van der Waals surface area contributed by atoms with Crippen molar-refractivity contribution in [2.45, 2.75) is 6.10 Å². The second kappa shape index (κ2) is 2.38. The number of carboxylic acid groups (broad SMARTS) is 1. The molecule has 0 bridgehead atoms. The number of ether oxygens (including phenoxy) is 1. The lowest BCUT2D eigenvalue weighted by molar-refractivity contribution is -0.132. The minimum Gasteiger partial charge on any atom is -0.482 e. The fourth-order valence-corrected chi connectivity index (χ4v) is 1.89. The molecule has 3 nitrogen and oxygen atoms in total. The number of aliphatic carboxylic acids is 1. The standard InChI is InChI=1S/C11H8O3/c12-11(13)7-1-3-8-6(5-7)2-4-9-10(8)14-9/h1-5,8,10H,(H,12,13). The molecular formula is C11H8O3. The number of epoxide rings is 1. The predicted molar refractivity (Wildman–Crippen MR) is 49.4 cm³/mol. The Morgan fingerprint density at radius 3 is 3.07 bits per heavy atom. The summed E-state index contributed by atoms with van der Waals surface area (Å²) in [7, 11) is 0. The maximum atomic E-state index is 10.7. The SMILES string of the molecule is O=C(O)C1=CC2=CC=C3OC3C2C=C1. The lowest BCUT2D eigenvalue weighted by Gasteiger charge is -2.16. The molecule has 14 heavy (non-hydrogen) atoms. The van der Waals surface area contributed by atoms with Crippen LogP contribution in [-0.4, -0.2) is 17.2 Å². The van der Waals surface area contributed by atoms with Crippen molar-refractivity contribution in [2.75, 3.05) is 0 Å². The smallest absolute Gasteiger partial charge is 0.335 e. The number of carbonyl (C=O) groups is 1. The molecule has 0 aromatic heterocycles. The summed E-state index contributed by atoms with van der Waals surface area (Å²) in [5, 5.41) is 8.81. The summed E-state index contributed by atoms with van der Waals surface area (Å²) < 4.78 is 5.32. The molecule has 1 saturated heterocycles. The van der Waals surface area contributed by atoms with Crippen LogP contribution >= 0.6 is 0 Å². The Morgan fingerprint density at radius 1 is 1.43 bits per heavy atom. The topological polar surface area (TPSA) is 49.8 Å². The summed E-state index contributed by atoms with van der Waals surface area (Å²) in [6.45, 7) is 0. The van der Waals surface area contributed by atoms with E-state index in [1.54, 1.807) is 12.2 Å². The van der Waals surface area contributed by atoms with Crippen molar-refractivity contribution in [3.63, 3.8) is 0 Å². The molecule has 3 aliphatic rings. The fraction of sp³-hybridized carbons (Fsp3) is 0.182. The fourth-order valence-electron chi connectivity index (χ4n) is 1.89. The van der Waals surface area contributed by atoms with Crippen LogP contribution in [0.3, 0.4) is 0 Å². The summed E-state index contributed by atoms with van der Waals surface area (Å²) in [5.41, 5.74) is 1.36. The average Bonchev–Trinajstić information content (AvgIpc) is 2.95. The van der Waals surface area contributed by atoms with Gasteiger partial charge in [-0.25, -0.2) is 4.79 Å². The first-order valence-corrected chi connectivity index (χ1v) is 4.47. The van der Waals surface area contributed by atoms with Gasteiger partial charge in [-0.1, -0.05) is 18.2 Å². The van der Waals surface area contributed by atoms with Crippen molar-refractivity contribution < 1.29 is 14.6 Å². The third kappa shape index (κ3) is 0.954. The molecular weight excluding hydrogens is 180 g/mol. The third-order valence-electron chi connectivity index (χ3n) is 2.69. The van der Waals surface area contributed by atoms with Crippen molar-refractivity contribution in [2.24, 2.45) is 5.92 Å². The van der Waals surface area contributed by atoms with E-state index in [1.807, 2.05) is 18.2 Å². The molecule has 0 saturated carbocycles. The van der Waals surface area contributed by atoms with Gasteiger partial charge in [-0.2, -0.15) is 0 Å². The Balaban J connectivity index is 1.99. The summed E-state index contributed by atoms with van der Waals surface area (Å²) >= 11 is 0. The van der Waals surface area contributed by atoms with Gasteiger partial charge in [0.2, 0.25) is 0 Å². The van der Waals surface area contributed by atoms with Gasteiger partial charge in [0.25, 0.3) is 0 Å². The molecule has 0 radical (unpaired) electrons. The van der Waals surface area contributed by atoms with Gasteiger partial charge in [-0.15, -0.1) is 0 Å². The van der Waals surface area contributed by atoms with Gasteiger partial charge in [0, 0.05) is 5.92 Å². The average molecular weight is 188 g/mol. The number of carboxylic acids is 1. The molecule has 2 atom stereocenters. The third-order valence-corrected chi connectivity index (χ3v) is 2.69. The zero-order chi connectivity index (χ0) is 9.71. The van der Waals surface area contributed by atoms with Crippen LogP contribution in [0.25, 0.3) is 0 Å². The van der Waals surface area contributed by atoms with Gasteiger partial charge >= 0.3 is 5.97 Å². The van der Waals surface area contributed by atoms with Gasteiger partial charge in [-0.05, 0) is 17.7 Å². The van der Waals surface area contributed by atoms with Crippen LogP contribution < -0.4 is 0 Å². The number of fused-ring (bicyclic) bond motifs is 3. The number of rotatable bonds is 1. The minimum absolute atomic E-state index is 0.165. The Labute approximate surface area is 80.7 Å². The molecule has 0 aromatic carbocycles. The van der Waals surface area contributed by atoms with Crippen LogP contribution in [-0.2, 0) is 9.53 Å². The van der Waals surface area contributed by atoms with Gasteiger partial charge in [0.05, 0.1) is 5.57 Å². The van der Waals surface area contributed by atoms with Crippen LogP contribution in [0.15, 0.2) is 47.3 Å². The molecule has 70 valence electrons. The first-order chi connectivity index (χ1) is 6.75. The Kier molecular flexibility index (Phi) is 1.29. The molecule has 2 aliphatic carbocycles. The van der Waals surface area contributed by atoms with Crippen LogP contribution in [0.1, 0.15) is 0 Å². The molecule has 1 N–H and O–H groups in total. The maximum absolute atomic E-state index is 10.7. The number of hydrogen-bond acceptors (Lipinski definition) is 2. The summed E-state index contributed by atoms with van der Waals surface area (Å²) in [4.78, 5) is 10.7. The van der Waals surface area contributed by atoms with Crippen LogP contribution in [0.4, 0.5) is 0 Å². The summed E-state index contributed by atoms with van der Waals surface area (Å²) in [5.74, 6) is 0.348.